The molecule has 1 unspecified atom stereocenters. The van der Waals surface area contributed by atoms with Crippen molar-refractivity contribution in [3.05, 3.63) is 0 Å². The van der Waals surface area contributed by atoms with E-state index in [1.165, 1.54) is 45.1 Å². The summed E-state index contributed by atoms with van der Waals surface area (Å²) in [5.74, 6) is 2.20. The Morgan fingerprint density at radius 2 is 1.91 bits per heavy atom. The third kappa shape index (κ3) is 0.807. The van der Waals surface area contributed by atoms with Gasteiger partial charge in [-0.05, 0) is 37.6 Å². The summed E-state index contributed by atoms with van der Waals surface area (Å²) in [7, 11) is 0. The fourth-order valence-electron chi connectivity index (χ4n) is 3.10. The largest absolute Gasteiger partial charge is 0.311 e. The monoisotopic (exact) mass is 151 g/mol. The molecule has 0 amide bonds. The molecule has 1 atom stereocenters. The first-order chi connectivity index (χ1) is 5.41. The summed E-state index contributed by atoms with van der Waals surface area (Å²) in [6.07, 6.45) is 9.02. The van der Waals surface area contributed by atoms with E-state index in [0.29, 0.717) is 5.54 Å². The lowest BCUT2D eigenvalue weighted by Gasteiger charge is -2.34. The van der Waals surface area contributed by atoms with E-state index in [2.05, 4.69) is 5.32 Å². The molecule has 3 rings (SSSR count). The average Bonchev–Trinajstić information content (AvgIpc) is 2.52. The van der Waals surface area contributed by atoms with Gasteiger partial charge in [-0.2, -0.15) is 0 Å². The zero-order chi connectivity index (χ0) is 7.31. The molecular weight excluding hydrogens is 134 g/mol. The van der Waals surface area contributed by atoms with Gasteiger partial charge in [0.05, 0.1) is 0 Å². The van der Waals surface area contributed by atoms with Crippen LogP contribution in [0.15, 0.2) is 0 Å². The van der Waals surface area contributed by atoms with Gasteiger partial charge >= 0.3 is 0 Å². The van der Waals surface area contributed by atoms with Crippen LogP contribution >= 0.6 is 0 Å². The summed E-state index contributed by atoms with van der Waals surface area (Å²) in [4.78, 5) is 0. The molecule has 1 N–H and O–H groups in total. The molecule has 2 saturated carbocycles. The van der Waals surface area contributed by atoms with Crippen LogP contribution in [0.4, 0.5) is 0 Å². The highest BCUT2D eigenvalue weighted by Crippen LogP contribution is 2.54. The van der Waals surface area contributed by atoms with Gasteiger partial charge in [0.1, 0.15) is 0 Å². The molecule has 0 bridgehead atoms. The summed E-state index contributed by atoms with van der Waals surface area (Å²) in [6, 6.07) is 0. The summed E-state index contributed by atoms with van der Waals surface area (Å²) < 4.78 is 0. The fourth-order valence-corrected chi connectivity index (χ4v) is 3.10. The van der Waals surface area contributed by atoms with Crippen LogP contribution < -0.4 is 5.32 Å². The van der Waals surface area contributed by atoms with Crippen molar-refractivity contribution in [2.75, 3.05) is 6.54 Å². The molecule has 2 aliphatic carbocycles. The quantitative estimate of drug-likeness (QED) is 0.604. The van der Waals surface area contributed by atoms with E-state index in [1.54, 1.807) is 0 Å². The lowest BCUT2D eigenvalue weighted by atomic mass is 9.72. The molecule has 3 fully saturated rings. The van der Waals surface area contributed by atoms with Gasteiger partial charge in [0.25, 0.3) is 0 Å². The molecule has 62 valence electrons. The molecule has 3 aliphatic rings. The molecule has 0 aromatic heterocycles. The Kier molecular flexibility index (Phi) is 1.18. The minimum absolute atomic E-state index is 0.686. The Hall–Kier alpha value is -0.0400. The van der Waals surface area contributed by atoms with Crippen LogP contribution in [0.5, 0.6) is 0 Å². The third-order valence-corrected chi connectivity index (χ3v) is 4.15. The number of hydrogen-bond acceptors (Lipinski definition) is 1. The molecule has 1 heteroatoms. The highest BCUT2D eigenvalue weighted by molar-refractivity contribution is 5.12. The van der Waals surface area contributed by atoms with E-state index in [-0.39, 0.29) is 0 Å². The van der Waals surface area contributed by atoms with Gasteiger partial charge in [-0.3, -0.25) is 0 Å². The molecule has 1 saturated heterocycles. The van der Waals surface area contributed by atoms with Gasteiger partial charge in [-0.15, -0.1) is 0 Å². The second-order valence-electron chi connectivity index (χ2n) is 4.67. The Morgan fingerprint density at radius 1 is 1.09 bits per heavy atom. The van der Waals surface area contributed by atoms with E-state index in [9.17, 15) is 0 Å². The Balaban J connectivity index is 1.75. The topological polar surface area (TPSA) is 12.0 Å². The predicted octanol–water partition coefficient (Wildman–Crippen LogP) is 1.93. The minimum Gasteiger partial charge on any atom is -0.311 e. The Labute approximate surface area is 68.6 Å². The minimum atomic E-state index is 0.686. The molecule has 0 aromatic rings. The van der Waals surface area contributed by atoms with E-state index in [4.69, 9.17) is 0 Å². The lowest BCUT2D eigenvalue weighted by molar-refractivity contribution is 0.181. The van der Waals surface area contributed by atoms with Crippen LogP contribution in [0.1, 0.15) is 38.5 Å². The van der Waals surface area contributed by atoms with Crippen molar-refractivity contribution in [1.29, 1.82) is 0 Å². The molecule has 1 spiro atoms. The van der Waals surface area contributed by atoms with Crippen molar-refractivity contribution in [2.24, 2.45) is 11.8 Å². The van der Waals surface area contributed by atoms with Crippen molar-refractivity contribution in [1.82, 2.24) is 5.32 Å². The normalized spacial score (nSPS) is 40.9. The molecule has 0 aromatic carbocycles. The zero-order valence-electron chi connectivity index (χ0n) is 7.10. The maximum Gasteiger partial charge on any atom is 0.0214 e. The second-order valence-corrected chi connectivity index (χ2v) is 4.67. The first-order valence-corrected chi connectivity index (χ1v) is 5.16. The SMILES string of the molecule is C1CC(C2CCNC23CC3)C1. The lowest BCUT2D eigenvalue weighted by Crippen LogP contribution is -2.35. The van der Waals surface area contributed by atoms with Crippen LogP contribution in [0, 0.1) is 11.8 Å². The zero-order valence-corrected chi connectivity index (χ0v) is 7.10. The van der Waals surface area contributed by atoms with Gasteiger partial charge in [-0.1, -0.05) is 19.3 Å². The Morgan fingerprint density at radius 3 is 2.45 bits per heavy atom. The third-order valence-electron chi connectivity index (χ3n) is 4.15. The van der Waals surface area contributed by atoms with Gasteiger partial charge in [0, 0.05) is 5.54 Å². The van der Waals surface area contributed by atoms with Crippen LogP contribution in [0.2, 0.25) is 0 Å². The average molecular weight is 151 g/mol. The number of rotatable bonds is 1. The van der Waals surface area contributed by atoms with Crippen molar-refractivity contribution < 1.29 is 0 Å². The number of hydrogen-bond donors (Lipinski definition) is 1. The first-order valence-electron chi connectivity index (χ1n) is 5.16. The summed E-state index contributed by atoms with van der Waals surface area (Å²) in [5, 5.41) is 3.71. The van der Waals surface area contributed by atoms with E-state index in [0.717, 1.165) is 11.8 Å². The molecule has 1 aliphatic heterocycles. The smallest absolute Gasteiger partial charge is 0.0214 e. The van der Waals surface area contributed by atoms with Crippen LogP contribution in [0.3, 0.4) is 0 Å². The van der Waals surface area contributed by atoms with E-state index < -0.39 is 0 Å². The van der Waals surface area contributed by atoms with Crippen molar-refractivity contribution in [2.45, 2.75) is 44.1 Å². The molecule has 1 nitrogen and oxygen atoms in total. The van der Waals surface area contributed by atoms with Crippen LogP contribution in [-0.2, 0) is 0 Å². The summed E-state index contributed by atoms with van der Waals surface area (Å²) in [6.45, 7) is 1.31. The van der Waals surface area contributed by atoms with Crippen LogP contribution in [-0.4, -0.2) is 12.1 Å². The maximum absolute atomic E-state index is 3.71. The first kappa shape index (κ1) is 6.47. The summed E-state index contributed by atoms with van der Waals surface area (Å²) in [5.41, 5.74) is 0.686. The van der Waals surface area contributed by atoms with Gasteiger partial charge in [0.15, 0.2) is 0 Å². The predicted molar refractivity (Wildman–Crippen MR) is 45.4 cm³/mol. The van der Waals surface area contributed by atoms with Crippen LogP contribution in [0.25, 0.3) is 0 Å². The number of nitrogens with one attached hydrogen (secondary N) is 1. The van der Waals surface area contributed by atoms with Crippen molar-refractivity contribution in [3.63, 3.8) is 0 Å². The van der Waals surface area contributed by atoms with Crippen molar-refractivity contribution in [3.8, 4) is 0 Å². The van der Waals surface area contributed by atoms with E-state index >= 15 is 0 Å². The highest BCUT2D eigenvalue weighted by Gasteiger charge is 2.54. The van der Waals surface area contributed by atoms with E-state index in [1.807, 2.05) is 0 Å². The second kappa shape index (κ2) is 2.01. The molecular formula is C10H17N. The highest BCUT2D eigenvalue weighted by atomic mass is 15.1. The van der Waals surface area contributed by atoms with Gasteiger partial charge < -0.3 is 5.32 Å². The van der Waals surface area contributed by atoms with Gasteiger partial charge in [-0.25, -0.2) is 0 Å². The maximum atomic E-state index is 3.71. The standard InChI is InChI=1S/C10H17N/c1-2-8(3-1)9-4-7-11-10(9)5-6-10/h8-9,11H,1-7H2. The fraction of sp³-hybridized carbons (Fsp3) is 1.00. The molecule has 11 heavy (non-hydrogen) atoms. The molecule has 1 heterocycles. The summed E-state index contributed by atoms with van der Waals surface area (Å²) >= 11 is 0. The van der Waals surface area contributed by atoms with Crippen molar-refractivity contribution >= 4 is 0 Å². The van der Waals surface area contributed by atoms with Gasteiger partial charge in [0.2, 0.25) is 0 Å². The molecule has 0 radical (unpaired) electrons. The Bertz CT molecular complexity index is 168.